The van der Waals surface area contributed by atoms with Crippen molar-refractivity contribution in [1.29, 1.82) is 0 Å². The van der Waals surface area contributed by atoms with E-state index in [1.165, 1.54) is 0 Å². The molecule has 10 heavy (non-hydrogen) atoms. The zero-order valence-electron chi connectivity index (χ0n) is 6.42. The van der Waals surface area contributed by atoms with Gasteiger partial charge in [-0.05, 0) is 19.3 Å². The molecule has 0 aliphatic carbocycles. The molecule has 3 nitrogen and oxygen atoms in total. The second-order valence-electron chi connectivity index (χ2n) is 2.37. The third-order valence-electron chi connectivity index (χ3n) is 1.35. The van der Waals surface area contributed by atoms with E-state index in [-0.39, 0.29) is 6.61 Å². The van der Waals surface area contributed by atoms with Crippen LogP contribution in [0, 0.1) is 0 Å². The topological polar surface area (TPSA) is 40.5 Å². The first-order valence-corrected chi connectivity index (χ1v) is 3.57. The molecule has 0 saturated carbocycles. The Morgan fingerprint density at radius 1 is 1.40 bits per heavy atom. The normalized spacial score (nSPS) is 9.40. The molecule has 0 unspecified atom stereocenters. The number of hydrogen-bond donors (Lipinski definition) is 1. The molecule has 1 amide bonds. The van der Waals surface area contributed by atoms with Crippen molar-refractivity contribution in [3.8, 4) is 0 Å². The number of carbonyl (C=O) groups excluding carboxylic acids is 1. The molecular weight excluding hydrogens is 130 g/mol. The molecule has 0 aromatic carbocycles. The number of nitrogens with zero attached hydrogens (tertiary/aromatic N) is 1. The maximum absolute atomic E-state index is 10.0. The fourth-order valence-corrected chi connectivity index (χ4v) is 0.702. The van der Waals surface area contributed by atoms with E-state index in [1.807, 2.05) is 0 Å². The van der Waals surface area contributed by atoms with Gasteiger partial charge in [0.15, 0.2) is 0 Å². The van der Waals surface area contributed by atoms with Gasteiger partial charge in [-0.15, -0.1) is 0 Å². The lowest BCUT2D eigenvalue weighted by molar-refractivity contribution is -0.117. The van der Waals surface area contributed by atoms with Gasteiger partial charge in [0.1, 0.15) is 0 Å². The van der Waals surface area contributed by atoms with Crippen molar-refractivity contribution >= 4 is 6.41 Å². The Bertz CT molecular complexity index is 85.7. The minimum atomic E-state index is 0.255. The van der Waals surface area contributed by atoms with Gasteiger partial charge in [-0.2, -0.15) is 0 Å². The van der Waals surface area contributed by atoms with Gasteiger partial charge in [0, 0.05) is 20.2 Å². The maximum Gasteiger partial charge on any atom is 0.209 e. The van der Waals surface area contributed by atoms with E-state index >= 15 is 0 Å². The smallest absolute Gasteiger partial charge is 0.209 e. The van der Waals surface area contributed by atoms with Crippen LogP contribution in [0.15, 0.2) is 0 Å². The summed E-state index contributed by atoms with van der Waals surface area (Å²) in [6.07, 6.45) is 3.64. The quantitative estimate of drug-likeness (QED) is 0.429. The van der Waals surface area contributed by atoms with Gasteiger partial charge in [-0.1, -0.05) is 0 Å². The van der Waals surface area contributed by atoms with Crippen LogP contribution in [0.3, 0.4) is 0 Å². The van der Waals surface area contributed by atoms with E-state index in [4.69, 9.17) is 5.11 Å². The third-order valence-corrected chi connectivity index (χ3v) is 1.35. The van der Waals surface area contributed by atoms with Gasteiger partial charge in [-0.25, -0.2) is 0 Å². The number of unbranched alkanes of at least 4 members (excludes halogenated alkanes) is 2. The van der Waals surface area contributed by atoms with Gasteiger partial charge < -0.3 is 10.0 Å². The fourth-order valence-electron chi connectivity index (χ4n) is 0.702. The van der Waals surface area contributed by atoms with Gasteiger partial charge in [0.2, 0.25) is 6.41 Å². The molecule has 0 aliphatic heterocycles. The molecule has 0 saturated heterocycles. The lowest BCUT2D eigenvalue weighted by Gasteiger charge is -2.08. The van der Waals surface area contributed by atoms with Crippen LogP contribution in [0.2, 0.25) is 0 Å². The summed E-state index contributed by atoms with van der Waals surface area (Å²) in [6.45, 7) is 1.05. The zero-order valence-corrected chi connectivity index (χ0v) is 6.42. The van der Waals surface area contributed by atoms with E-state index < -0.39 is 0 Å². The Hall–Kier alpha value is -0.570. The monoisotopic (exact) mass is 145 g/mol. The van der Waals surface area contributed by atoms with Gasteiger partial charge in [0.25, 0.3) is 0 Å². The predicted molar refractivity (Wildman–Crippen MR) is 39.6 cm³/mol. The van der Waals surface area contributed by atoms with E-state index in [1.54, 1.807) is 11.9 Å². The molecule has 0 spiro atoms. The van der Waals surface area contributed by atoms with Crippen molar-refractivity contribution in [3.63, 3.8) is 0 Å². The van der Waals surface area contributed by atoms with Crippen LogP contribution >= 0.6 is 0 Å². The van der Waals surface area contributed by atoms with Crippen LogP contribution in [-0.2, 0) is 4.79 Å². The first-order chi connectivity index (χ1) is 4.81. The minimum absolute atomic E-state index is 0.255. The Morgan fingerprint density at radius 3 is 2.60 bits per heavy atom. The summed E-state index contributed by atoms with van der Waals surface area (Å²) in [5.41, 5.74) is 0. The summed E-state index contributed by atoms with van der Waals surface area (Å²) >= 11 is 0. The fraction of sp³-hybridized carbons (Fsp3) is 0.857. The minimum Gasteiger partial charge on any atom is -0.396 e. The summed E-state index contributed by atoms with van der Waals surface area (Å²) in [5, 5.41) is 8.41. The lowest BCUT2D eigenvalue weighted by Crippen LogP contribution is -2.16. The number of hydrogen-bond acceptors (Lipinski definition) is 2. The standard InChI is InChI=1S/C7H15NO2/c1-8(7-10)5-3-2-4-6-9/h7,9H,2-6H2,1H3. The van der Waals surface area contributed by atoms with Crippen molar-refractivity contribution in [1.82, 2.24) is 4.90 Å². The Morgan fingerprint density at radius 2 is 2.10 bits per heavy atom. The van der Waals surface area contributed by atoms with Gasteiger partial charge >= 0.3 is 0 Å². The van der Waals surface area contributed by atoms with Crippen LogP contribution in [0.25, 0.3) is 0 Å². The van der Waals surface area contributed by atoms with Crippen molar-refractivity contribution in [3.05, 3.63) is 0 Å². The first kappa shape index (κ1) is 9.43. The molecule has 0 fully saturated rings. The molecule has 0 rings (SSSR count). The van der Waals surface area contributed by atoms with Crippen LogP contribution < -0.4 is 0 Å². The molecule has 0 aromatic rings. The van der Waals surface area contributed by atoms with Crippen molar-refractivity contribution in [2.24, 2.45) is 0 Å². The number of rotatable bonds is 6. The largest absolute Gasteiger partial charge is 0.396 e. The van der Waals surface area contributed by atoms with E-state index in [0.717, 1.165) is 32.2 Å². The van der Waals surface area contributed by atoms with E-state index in [2.05, 4.69) is 0 Å². The Kier molecular flexibility index (Phi) is 6.18. The highest BCUT2D eigenvalue weighted by Crippen LogP contribution is 1.94. The van der Waals surface area contributed by atoms with E-state index in [9.17, 15) is 4.79 Å². The van der Waals surface area contributed by atoms with Crippen LogP contribution in [0.4, 0.5) is 0 Å². The Labute approximate surface area is 61.6 Å². The molecule has 0 heterocycles. The molecule has 0 bridgehead atoms. The summed E-state index contributed by atoms with van der Waals surface area (Å²) in [4.78, 5) is 11.7. The highest BCUT2D eigenvalue weighted by molar-refractivity contribution is 5.46. The molecule has 1 N–H and O–H groups in total. The van der Waals surface area contributed by atoms with Gasteiger partial charge in [-0.3, -0.25) is 4.79 Å². The van der Waals surface area contributed by atoms with Crippen molar-refractivity contribution in [2.45, 2.75) is 19.3 Å². The highest BCUT2D eigenvalue weighted by atomic mass is 16.2. The SMILES string of the molecule is CN(C=O)CCCCCO. The highest BCUT2D eigenvalue weighted by Gasteiger charge is 1.91. The van der Waals surface area contributed by atoms with Gasteiger partial charge in [0.05, 0.1) is 0 Å². The zero-order chi connectivity index (χ0) is 7.82. The van der Waals surface area contributed by atoms with Crippen molar-refractivity contribution < 1.29 is 9.90 Å². The maximum atomic E-state index is 10.0. The third kappa shape index (κ3) is 5.56. The van der Waals surface area contributed by atoms with Crippen LogP contribution in [0.1, 0.15) is 19.3 Å². The molecule has 0 radical (unpaired) electrons. The summed E-state index contributed by atoms with van der Waals surface area (Å²) < 4.78 is 0. The summed E-state index contributed by atoms with van der Waals surface area (Å²) in [5.74, 6) is 0. The summed E-state index contributed by atoms with van der Waals surface area (Å²) in [7, 11) is 1.76. The van der Waals surface area contributed by atoms with Crippen LogP contribution in [-0.4, -0.2) is 36.6 Å². The average molecular weight is 145 g/mol. The number of aliphatic hydroxyl groups excluding tert-OH is 1. The Balaban J connectivity index is 2.95. The lowest BCUT2D eigenvalue weighted by atomic mass is 10.2. The molecule has 0 aromatic heterocycles. The second kappa shape index (κ2) is 6.55. The van der Waals surface area contributed by atoms with Crippen molar-refractivity contribution in [2.75, 3.05) is 20.2 Å². The first-order valence-electron chi connectivity index (χ1n) is 3.57. The molecule has 0 aliphatic rings. The molecule has 3 heteroatoms. The molecule has 60 valence electrons. The van der Waals surface area contributed by atoms with Crippen LogP contribution in [0.5, 0.6) is 0 Å². The number of carbonyl (C=O) groups is 1. The molecule has 0 atom stereocenters. The summed E-state index contributed by atoms with van der Waals surface area (Å²) in [6, 6.07) is 0. The molecular formula is C7H15NO2. The van der Waals surface area contributed by atoms with E-state index in [0.29, 0.717) is 0 Å². The predicted octanol–water partition coefficient (Wildman–Crippen LogP) is 0.237. The average Bonchev–Trinajstić information content (AvgIpc) is 1.98. The number of aliphatic hydroxyl groups is 1. The second-order valence-corrected chi connectivity index (χ2v) is 2.37. The number of amides is 1.